The molecule has 0 bridgehead atoms. The van der Waals surface area contributed by atoms with Crippen molar-refractivity contribution in [2.45, 2.75) is 32.1 Å². The Morgan fingerprint density at radius 1 is 0.927 bits per heavy atom. The molecule has 4 aromatic rings. The molecule has 14 heteroatoms. The van der Waals surface area contributed by atoms with Crippen LogP contribution in [0.15, 0.2) is 49.1 Å². The van der Waals surface area contributed by atoms with Crippen molar-refractivity contribution in [1.29, 1.82) is 0 Å². The van der Waals surface area contributed by atoms with Gasteiger partial charge in [0.15, 0.2) is 11.6 Å². The monoisotopic (exact) mass is 583 g/mol. The summed E-state index contributed by atoms with van der Waals surface area (Å²) in [7, 11) is 0.371. The summed E-state index contributed by atoms with van der Waals surface area (Å²) in [6.45, 7) is 5.64. The third-order valence-corrected chi connectivity index (χ3v) is 7.90. The maximum Gasteiger partial charge on any atom is 0.243 e. The van der Waals surface area contributed by atoms with Gasteiger partial charge in [-0.05, 0) is 50.1 Å². The van der Waals surface area contributed by atoms with Crippen LogP contribution in [0.3, 0.4) is 0 Å². The molecule has 3 heterocycles. The predicted molar refractivity (Wildman–Crippen MR) is 152 cm³/mol. The number of anilines is 1. The van der Waals surface area contributed by atoms with Crippen molar-refractivity contribution >= 4 is 16.0 Å². The molecule has 0 amide bonds. The second-order valence-corrected chi connectivity index (χ2v) is 11.2. The molecule has 0 unspecified atom stereocenters. The summed E-state index contributed by atoms with van der Waals surface area (Å²) >= 11 is 0. The van der Waals surface area contributed by atoms with Crippen molar-refractivity contribution in [3.63, 3.8) is 0 Å². The fourth-order valence-corrected chi connectivity index (χ4v) is 5.19. The summed E-state index contributed by atoms with van der Waals surface area (Å²) in [6, 6.07) is 7.08. The minimum Gasteiger partial charge on any atom is -0.494 e. The van der Waals surface area contributed by atoms with Gasteiger partial charge in [0.25, 0.3) is 0 Å². The largest absolute Gasteiger partial charge is 0.494 e. The number of aryl methyl sites for hydroxylation is 2. The minimum absolute atomic E-state index is 0.0865. The summed E-state index contributed by atoms with van der Waals surface area (Å²) < 4.78 is 54.1. The van der Waals surface area contributed by atoms with E-state index in [4.69, 9.17) is 18.9 Å². The van der Waals surface area contributed by atoms with Gasteiger partial charge in [-0.3, -0.25) is 14.3 Å². The molecule has 0 fully saturated rings. The predicted octanol–water partition coefficient (Wildman–Crippen LogP) is 3.29. The van der Waals surface area contributed by atoms with Crippen LogP contribution >= 0.6 is 0 Å². The van der Waals surface area contributed by atoms with Crippen molar-refractivity contribution in [3.8, 4) is 28.6 Å². The Bertz CT molecular complexity index is 1560. The highest BCUT2D eigenvalue weighted by Crippen LogP contribution is 2.38. The highest BCUT2D eigenvalue weighted by molar-refractivity contribution is 7.93. The Morgan fingerprint density at radius 2 is 1.61 bits per heavy atom. The zero-order chi connectivity index (χ0) is 29.6. The van der Waals surface area contributed by atoms with Gasteiger partial charge < -0.3 is 18.9 Å². The summed E-state index contributed by atoms with van der Waals surface area (Å²) in [5.41, 5.74) is 2.72. The highest BCUT2D eigenvalue weighted by atomic mass is 32.2. The average Bonchev–Trinajstić information content (AvgIpc) is 3.37. The summed E-state index contributed by atoms with van der Waals surface area (Å²) in [5, 5.41) is 7.42. The van der Waals surface area contributed by atoms with Crippen LogP contribution in [0.2, 0.25) is 0 Å². The van der Waals surface area contributed by atoms with Crippen LogP contribution < -0.4 is 14.2 Å². The maximum atomic E-state index is 13.9. The van der Waals surface area contributed by atoms with Gasteiger partial charge in [0.05, 0.1) is 27.4 Å². The molecule has 0 aliphatic rings. The third-order valence-electron chi connectivity index (χ3n) is 6.21. The molecule has 0 saturated carbocycles. The van der Waals surface area contributed by atoms with Crippen molar-refractivity contribution in [3.05, 3.63) is 66.0 Å². The molecule has 0 spiro atoms. The van der Waals surface area contributed by atoms with Gasteiger partial charge in [0.2, 0.25) is 16.0 Å². The number of hydrogen-bond donors (Lipinski definition) is 1. The fraction of sp³-hybridized carbons (Fsp3) is 0.370. The van der Waals surface area contributed by atoms with Crippen LogP contribution in [0, 0.1) is 13.8 Å². The zero-order valence-corrected chi connectivity index (χ0v) is 24.5. The van der Waals surface area contributed by atoms with Gasteiger partial charge in [-0.25, -0.2) is 18.4 Å². The van der Waals surface area contributed by atoms with Gasteiger partial charge in [-0.15, -0.1) is 10.2 Å². The normalized spacial score (nSPS) is 13.0. The second-order valence-electron chi connectivity index (χ2n) is 9.20. The number of hydrogen-bond acceptors (Lipinski definition) is 11. The lowest BCUT2D eigenvalue weighted by atomic mass is 10.2. The second kappa shape index (κ2) is 13.0. The Kier molecular flexibility index (Phi) is 9.47. The van der Waals surface area contributed by atoms with E-state index < -0.39 is 21.4 Å². The summed E-state index contributed by atoms with van der Waals surface area (Å²) in [6.07, 6.45) is 5.53. The molecule has 0 aliphatic heterocycles. The lowest BCUT2D eigenvalue weighted by molar-refractivity contribution is 0.0119. The van der Waals surface area contributed by atoms with Gasteiger partial charge in [-0.2, -0.15) is 0 Å². The Morgan fingerprint density at radius 3 is 2.22 bits per heavy atom. The van der Waals surface area contributed by atoms with E-state index in [2.05, 4.69) is 29.9 Å². The van der Waals surface area contributed by atoms with E-state index in [1.54, 1.807) is 43.0 Å². The third kappa shape index (κ3) is 6.61. The standard InChI is InChI=1S/C27H33N7O6S/c1-17-12-20(16-28-13-17)26-31-32-27(34(26)23-21(38-5)8-7-9-22(23)39-6)33-41(35,36)19(3)24(40-11-10-37-4)25-29-14-18(2)15-30-25/h7-9,12-16,19,24H,10-11H2,1-6H3,(H,32,33)/t19-,24-/m0/s1. The Hall–Kier alpha value is -4.14. The molecule has 2 atom stereocenters. The number of nitrogens with zero attached hydrogens (tertiary/aromatic N) is 6. The molecule has 3 aromatic heterocycles. The molecule has 1 N–H and O–H groups in total. The molecule has 4 rings (SSSR count). The highest BCUT2D eigenvalue weighted by Gasteiger charge is 2.35. The van der Waals surface area contributed by atoms with Crippen molar-refractivity contribution in [2.24, 2.45) is 0 Å². The van der Waals surface area contributed by atoms with Gasteiger partial charge in [-0.1, -0.05) is 6.07 Å². The van der Waals surface area contributed by atoms with Gasteiger partial charge in [0, 0.05) is 37.5 Å². The minimum atomic E-state index is -4.17. The number of aromatic nitrogens is 6. The quantitative estimate of drug-likeness (QED) is 0.231. The number of rotatable bonds is 13. The average molecular weight is 584 g/mol. The topological polar surface area (TPSA) is 152 Å². The van der Waals surface area contributed by atoms with E-state index in [0.29, 0.717) is 28.6 Å². The number of nitrogens with one attached hydrogen (secondary N) is 1. The van der Waals surface area contributed by atoms with Crippen LogP contribution in [0.5, 0.6) is 11.5 Å². The van der Waals surface area contributed by atoms with Crippen LogP contribution in [0.25, 0.3) is 17.1 Å². The van der Waals surface area contributed by atoms with Crippen LogP contribution in [0.1, 0.15) is 30.0 Å². The molecule has 13 nitrogen and oxygen atoms in total. The van der Waals surface area contributed by atoms with E-state index in [0.717, 1.165) is 11.1 Å². The van der Waals surface area contributed by atoms with Crippen LogP contribution in [0.4, 0.5) is 5.95 Å². The first-order valence-electron chi connectivity index (χ1n) is 12.7. The number of benzene rings is 1. The SMILES string of the molecule is COCCO[C@H](c1ncc(C)cn1)[C@H](C)S(=O)(=O)Nc1nnc(-c2cncc(C)c2)n1-c1c(OC)cccc1OC. The van der Waals surface area contributed by atoms with Gasteiger partial charge in [0.1, 0.15) is 28.5 Å². The van der Waals surface area contributed by atoms with Gasteiger partial charge >= 0.3 is 0 Å². The van der Waals surface area contributed by atoms with Crippen molar-refractivity contribution in [1.82, 2.24) is 29.7 Å². The number of ether oxygens (including phenoxy) is 4. The van der Waals surface area contributed by atoms with Crippen molar-refractivity contribution in [2.75, 3.05) is 39.3 Å². The molecular formula is C27H33N7O6S. The molecule has 1 aromatic carbocycles. The molecular weight excluding hydrogens is 550 g/mol. The Labute approximate surface area is 239 Å². The molecule has 218 valence electrons. The van der Waals surface area contributed by atoms with Crippen molar-refractivity contribution < 1.29 is 27.4 Å². The number of pyridine rings is 1. The smallest absolute Gasteiger partial charge is 0.243 e. The molecule has 0 saturated heterocycles. The molecule has 0 aliphatic carbocycles. The van der Waals surface area contributed by atoms with Crippen LogP contribution in [-0.2, 0) is 19.5 Å². The zero-order valence-electron chi connectivity index (χ0n) is 23.7. The lowest BCUT2D eigenvalue weighted by Gasteiger charge is -2.24. The van der Waals surface area contributed by atoms with E-state index in [9.17, 15) is 8.42 Å². The summed E-state index contributed by atoms with van der Waals surface area (Å²) in [4.78, 5) is 12.9. The van der Waals surface area contributed by atoms with E-state index in [1.165, 1.54) is 32.8 Å². The number of methoxy groups -OCH3 is 3. The maximum absolute atomic E-state index is 13.9. The van der Waals surface area contributed by atoms with Crippen LogP contribution in [-0.4, -0.2) is 77.9 Å². The first kappa shape index (κ1) is 29.8. The first-order chi connectivity index (χ1) is 19.7. The van der Waals surface area contributed by atoms with E-state index in [1.807, 2.05) is 19.9 Å². The molecule has 0 radical (unpaired) electrons. The molecule has 41 heavy (non-hydrogen) atoms. The summed E-state index contributed by atoms with van der Waals surface area (Å²) in [5.74, 6) is 1.28. The number of sulfonamides is 1. The number of para-hydroxylation sites is 1. The van der Waals surface area contributed by atoms with E-state index in [-0.39, 0.29) is 25.0 Å². The Balaban J connectivity index is 1.82. The fourth-order valence-electron chi connectivity index (χ4n) is 4.09. The first-order valence-corrected chi connectivity index (χ1v) is 14.2. The lowest BCUT2D eigenvalue weighted by Crippen LogP contribution is -2.34. The van der Waals surface area contributed by atoms with E-state index >= 15 is 0 Å².